The molecule has 1 atom stereocenters. The zero-order valence-corrected chi connectivity index (χ0v) is 22.9. The van der Waals surface area contributed by atoms with Crippen LogP contribution in [-0.4, -0.2) is 46.0 Å². The van der Waals surface area contributed by atoms with Crippen molar-refractivity contribution in [2.75, 3.05) is 34.0 Å². The lowest BCUT2D eigenvalue weighted by Crippen LogP contribution is -2.35. The van der Waals surface area contributed by atoms with Crippen molar-refractivity contribution in [2.45, 2.75) is 20.0 Å². The molecule has 0 aliphatic carbocycles. The summed E-state index contributed by atoms with van der Waals surface area (Å²) in [5.74, 6) is 0.694. The largest absolute Gasteiger partial charge is 0.497 e. The Balaban J connectivity index is 2.41. The summed E-state index contributed by atoms with van der Waals surface area (Å²) < 4.78 is 33.3. The van der Waals surface area contributed by atoms with E-state index in [0.29, 0.717) is 40.7 Å². The number of hydrogen-bond acceptors (Lipinski definition) is 8. The van der Waals surface area contributed by atoms with Crippen LogP contribution in [-0.2, 0) is 19.1 Å². The van der Waals surface area contributed by atoms with Crippen molar-refractivity contribution < 1.29 is 38.0 Å². The van der Waals surface area contributed by atoms with Gasteiger partial charge in [-0.1, -0.05) is 44.0 Å². The van der Waals surface area contributed by atoms with Crippen molar-refractivity contribution in [2.24, 2.45) is 5.41 Å². The Hall–Kier alpha value is -4.46. The van der Waals surface area contributed by atoms with Gasteiger partial charge in [0.05, 0.1) is 14.2 Å². The van der Waals surface area contributed by atoms with Gasteiger partial charge >= 0.3 is 11.9 Å². The summed E-state index contributed by atoms with van der Waals surface area (Å²) in [6.07, 6.45) is 6.63. The van der Waals surface area contributed by atoms with Crippen LogP contribution in [0.15, 0.2) is 80.4 Å². The van der Waals surface area contributed by atoms with Crippen LogP contribution in [0.1, 0.15) is 31.1 Å². The fourth-order valence-electron chi connectivity index (χ4n) is 3.58. The Labute approximate surface area is 230 Å². The minimum Gasteiger partial charge on any atom is -0.497 e. The van der Waals surface area contributed by atoms with Gasteiger partial charge in [-0.15, -0.1) is 0 Å². The molecule has 0 amide bonds. The summed E-state index contributed by atoms with van der Waals surface area (Å²) in [4.78, 5) is 25.8. The van der Waals surface area contributed by atoms with Gasteiger partial charge in [0.2, 0.25) is 0 Å². The van der Waals surface area contributed by atoms with Gasteiger partial charge in [0.15, 0.2) is 11.5 Å². The van der Waals surface area contributed by atoms with E-state index >= 15 is 0 Å². The Morgan fingerprint density at radius 3 is 2.05 bits per heavy atom. The summed E-state index contributed by atoms with van der Waals surface area (Å²) in [5, 5.41) is 0. The van der Waals surface area contributed by atoms with Crippen molar-refractivity contribution in [3.63, 3.8) is 0 Å². The third-order valence-corrected chi connectivity index (χ3v) is 5.55. The van der Waals surface area contributed by atoms with E-state index in [1.165, 1.54) is 20.3 Å². The zero-order valence-electron chi connectivity index (χ0n) is 22.9. The number of ether oxygens (including phenoxy) is 6. The summed E-state index contributed by atoms with van der Waals surface area (Å²) in [6, 6.07) is 10.3. The minimum atomic E-state index is -1.25. The maximum atomic E-state index is 13.0. The number of carbonyl (C=O) groups is 2. The summed E-state index contributed by atoms with van der Waals surface area (Å²) in [7, 11) is 2.80. The predicted molar refractivity (Wildman–Crippen MR) is 150 cm³/mol. The third-order valence-electron chi connectivity index (χ3n) is 5.55. The first-order chi connectivity index (χ1) is 18.7. The summed E-state index contributed by atoms with van der Waals surface area (Å²) in [6.45, 7) is 15.0. The normalized spacial score (nSPS) is 11.7. The molecule has 8 heteroatoms. The van der Waals surface area contributed by atoms with Crippen molar-refractivity contribution in [1.82, 2.24) is 0 Å². The number of rotatable bonds is 16. The molecule has 0 fully saturated rings. The van der Waals surface area contributed by atoms with Gasteiger partial charge in [-0.3, -0.25) is 4.79 Å². The molecule has 2 aromatic carbocycles. The van der Waals surface area contributed by atoms with E-state index in [4.69, 9.17) is 28.4 Å². The average Bonchev–Trinajstić information content (AvgIpc) is 2.95. The van der Waals surface area contributed by atoms with Gasteiger partial charge < -0.3 is 28.4 Å². The Morgan fingerprint density at radius 2 is 1.46 bits per heavy atom. The molecule has 0 radical (unpaired) electrons. The molecule has 0 aliphatic heterocycles. The van der Waals surface area contributed by atoms with Crippen LogP contribution in [0.4, 0.5) is 0 Å². The van der Waals surface area contributed by atoms with Crippen LogP contribution >= 0.6 is 0 Å². The van der Waals surface area contributed by atoms with Crippen molar-refractivity contribution >= 4 is 18.0 Å². The molecular weight excluding hydrogens is 500 g/mol. The molecule has 0 aliphatic rings. The SMILES string of the molecule is C=CCOc1ccc(/C=C/C(=O)OC(c2ccc(OC)cc2OCC=C)C(C)(C)C(=O)OC)cc1OCC=C. The summed E-state index contributed by atoms with van der Waals surface area (Å²) in [5.41, 5.74) is -0.117. The second-order valence-corrected chi connectivity index (χ2v) is 8.77. The van der Waals surface area contributed by atoms with Gasteiger partial charge in [0.25, 0.3) is 0 Å². The van der Waals surface area contributed by atoms with Crippen LogP contribution in [0.2, 0.25) is 0 Å². The quantitative estimate of drug-likeness (QED) is 0.149. The highest BCUT2D eigenvalue weighted by molar-refractivity contribution is 5.88. The van der Waals surface area contributed by atoms with Crippen LogP contribution in [0, 0.1) is 5.41 Å². The number of hydrogen-bond donors (Lipinski definition) is 0. The van der Waals surface area contributed by atoms with E-state index in [-0.39, 0.29) is 13.2 Å². The molecule has 0 saturated carbocycles. The smallest absolute Gasteiger partial charge is 0.331 e. The van der Waals surface area contributed by atoms with Crippen LogP contribution in [0.3, 0.4) is 0 Å². The van der Waals surface area contributed by atoms with E-state index in [1.54, 1.807) is 74.5 Å². The van der Waals surface area contributed by atoms with Gasteiger partial charge in [0.1, 0.15) is 42.8 Å². The van der Waals surface area contributed by atoms with Gasteiger partial charge in [0, 0.05) is 17.7 Å². The zero-order chi connectivity index (χ0) is 28.8. The number of carbonyl (C=O) groups excluding carboxylic acids is 2. The van der Waals surface area contributed by atoms with Crippen molar-refractivity contribution in [1.29, 1.82) is 0 Å². The van der Waals surface area contributed by atoms with Crippen molar-refractivity contribution in [3.8, 4) is 23.0 Å². The topological polar surface area (TPSA) is 89.5 Å². The van der Waals surface area contributed by atoms with E-state index in [2.05, 4.69) is 19.7 Å². The molecule has 1 unspecified atom stereocenters. The lowest BCUT2D eigenvalue weighted by Gasteiger charge is -2.32. The third kappa shape index (κ3) is 8.53. The molecule has 0 spiro atoms. The fourth-order valence-corrected chi connectivity index (χ4v) is 3.58. The van der Waals surface area contributed by atoms with Gasteiger partial charge in [-0.2, -0.15) is 0 Å². The minimum absolute atomic E-state index is 0.197. The Morgan fingerprint density at radius 1 is 0.846 bits per heavy atom. The maximum absolute atomic E-state index is 13.0. The lowest BCUT2D eigenvalue weighted by molar-refractivity contribution is -0.166. The maximum Gasteiger partial charge on any atom is 0.331 e. The molecule has 208 valence electrons. The van der Waals surface area contributed by atoms with E-state index in [9.17, 15) is 9.59 Å². The van der Waals surface area contributed by atoms with E-state index < -0.39 is 23.5 Å². The molecule has 0 saturated heterocycles. The van der Waals surface area contributed by atoms with E-state index in [0.717, 1.165) is 0 Å². The number of methoxy groups -OCH3 is 2. The highest BCUT2D eigenvalue weighted by atomic mass is 16.6. The highest BCUT2D eigenvalue weighted by Crippen LogP contribution is 2.43. The Bertz CT molecular complexity index is 1200. The molecule has 0 bridgehead atoms. The summed E-state index contributed by atoms with van der Waals surface area (Å²) >= 11 is 0. The molecule has 39 heavy (non-hydrogen) atoms. The molecule has 2 aromatic rings. The van der Waals surface area contributed by atoms with Crippen LogP contribution < -0.4 is 18.9 Å². The molecule has 0 N–H and O–H groups in total. The van der Waals surface area contributed by atoms with Gasteiger partial charge in [-0.05, 0) is 49.8 Å². The van der Waals surface area contributed by atoms with Crippen LogP contribution in [0.25, 0.3) is 6.08 Å². The molecule has 0 aromatic heterocycles. The second-order valence-electron chi connectivity index (χ2n) is 8.77. The molecular formula is C31H36O8. The first kappa shape index (κ1) is 30.8. The lowest BCUT2D eigenvalue weighted by atomic mass is 9.82. The Kier molecular flexibility index (Phi) is 11.9. The second kappa shape index (κ2) is 15.1. The van der Waals surface area contributed by atoms with E-state index in [1.807, 2.05) is 0 Å². The molecule has 2 rings (SSSR count). The first-order valence-corrected chi connectivity index (χ1v) is 12.2. The predicted octanol–water partition coefficient (Wildman–Crippen LogP) is 5.89. The fraction of sp³-hybridized carbons (Fsp3) is 0.290. The van der Waals surface area contributed by atoms with Crippen LogP contribution in [0.5, 0.6) is 23.0 Å². The standard InChI is InChI=1S/C31H36O8/c1-8-17-36-25-15-11-22(20-27(25)38-19-10-3)12-16-28(32)39-29(31(4,5)30(33)35-7)24-14-13-23(34-6)21-26(24)37-18-9-2/h8-16,20-21,29H,1-3,17-19H2,4-7H3/b16-12+. The molecule has 0 heterocycles. The van der Waals surface area contributed by atoms with Gasteiger partial charge in [-0.25, -0.2) is 4.79 Å². The monoisotopic (exact) mass is 536 g/mol. The number of esters is 2. The highest BCUT2D eigenvalue weighted by Gasteiger charge is 2.43. The average molecular weight is 537 g/mol. The molecule has 8 nitrogen and oxygen atoms in total. The number of benzene rings is 2. The van der Waals surface area contributed by atoms with Crippen molar-refractivity contribution in [3.05, 3.63) is 91.6 Å². The first-order valence-electron chi connectivity index (χ1n) is 12.2.